The Labute approximate surface area is 153 Å². The summed E-state index contributed by atoms with van der Waals surface area (Å²) in [4.78, 5) is 6.76. The summed E-state index contributed by atoms with van der Waals surface area (Å²) in [6, 6.07) is 17.7. The molecule has 0 radical (unpaired) electrons. The molecule has 1 heterocycles. The van der Waals surface area contributed by atoms with Crippen molar-refractivity contribution in [1.29, 1.82) is 5.26 Å². The zero-order valence-corrected chi connectivity index (χ0v) is 15.9. The van der Waals surface area contributed by atoms with E-state index in [1.807, 2.05) is 54.6 Å². The van der Waals surface area contributed by atoms with E-state index >= 15 is 0 Å². The van der Waals surface area contributed by atoms with Crippen LogP contribution in [0.1, 0.15) is 10.1 Å². The van der Waals surface area contributed by atoms with E-state index < -0.39 is 0 Å². The van der Waals surface area contributed by atoms with Crippen molar-refractivity contribution < 1.29 is 0 Å². The molecule has 0 bridgehead atoms. The van der Waals surface area contributed by atoms with Gasteiger partial charge in [0.1, 0.15) is 0 Å². The SMILES string of the molecule is N#CC(=Cc1ccc(Cl)cc1)c1nc(-c2ccc(Br)cc2)c[se]1. The predicted molar refractivity (Wildman–Crippen MR) is 99.2 cm³/mol. The standard InChI is InChI=1S/C18H10BrClN2Se/c19-15-5-3-13(4-6-15)17-11-23-18(22-17)14(10-21)9-12-1-7-16(20)8-2-12/h1-9,11H. The van der Waals surface area contributed by atoms with E-state index in [4.69, 9.17) is 11.6 Å². The fourth-order valence-electron chi connectivity index (χ4n) is 2.02. The Balaban J connectivity index is 1.92. The van der Waals surface area contributed by atoms with E-state index in [2.05, 4.69) is 31.9 Å². The van der Waals surface area contributed by atoms with Crippen molar-refractivity contribution in [3.8, 4) is 17.3 Å². The molecule has 23 heavy (non-hydrogen) atoms. The van der Waals surface area contributed by atoms with Gasteiger partial charge in [-0.2, -0.15) is 0 Å². The van der Waals surface area contributed by atoms with Crippen LogP contribution in [0.5, 0.6) is 0 Å². The Morgan fingerprint density at radius 3 is 2.48 bits per heavy atom. The zero-order valence-electron chi connectivity index (χ0n) is 11.8. The Bertz CT molecular complexity index is 890. The van der Waals surface area contributed by atoms with Crippen LogP contribution in [-0.4, -0.2) is 19.5 Å². The number of aromatic nitrogens is 1. The van der Waals surface area contributed by atoms with Crippen LogP contribution in [0.2, 0.25) is 5.02 Å². The van der Waals surface area contributed by atoms with Gasteiger partial charge in [0.2, 0.25) is 0 Å². The third-order valence-electron chi connectivity index (χ3n) is 3.18. The number of nitrogens with zero attached hydrogens (tertiary/aromatic N) is 2. The summed E-state index contributed by atoms with van der Waals surface area (Å²) < 4.78 is 1.89. The molecule has 1 aromatic heterocycles. The maximum absolute atomic E-state index is 9.45. The maximum atomic E-state index is 9.45. The second-order valence-corrected chi connectivity index (χ2v) is 7.92. The minimum absolute atomic E-state index is 0.0659. The molecular formula is C18H10BrClN2Se. The molecule has 2 aromatic carbocycles. The quantitative estimate of drug-likeness (QED) is 0.403. The first-order valence-corrected chi connectivity index (χ1v) is 9.76. The average Bonchev–Trinajstić information content (AvgIpc) is 3.05. The number of benzene rings is 2. The summed E-state index contributed by atoms with van der Waals surface area (Å²) in [5.41, 5.74) is 3.55. The summed E-state index contributed by atoms with van der Waals surface area (Å²) in [5, 5.41) is 10.1. The van der Waals surface area contributed by atoms with E-state index in [1.165, 1.54) is 0 Å². The predicted octanol–water partition coefficient (Wildman–Crippen LogP) is 5.29. The first-order chi connectivity index (χ1) is 11.2. The number of hydrogen-bond donors (Lipinski definition) is 0. The topological polar surface area (TPSA) is 36.7 Å². The van der Waals surface area contributed by atoms with Gasteiger partial charge in [-0.3, -0.25) is 0 Å². The molecule has 3 rings (SSSR count). The Kier molecular flexibility index (Phi) is 5.15. The number of rotatable bonds is 3. The van der Waals surface area contributed by atoms with Gasteiger partial charge in [0.05, 0.1) is 0 Å². The van der Waals surface area contributed by atoms with Gasteiger partial charge in [-0.25, -0.2) is 0 Å². The Morgan fingerprint density at radius 2 is 1.83 bits per heavy atom. The number of halogens is 2. The van der Waals surface area contributed by atoms with Crippen molar-refractivity contribution in [2.75, 3.05) is 0 Å². The van der Waals surface area contributed by atoms with Crippen molar-refractivity contribution >= 4 is 53.7 Å². The minimum atomic E-state index is 0.0659. The third kappa shape index (κ3) is 4.02. The molecule has 0 saturated carbocycles. The van der Waals surface area contributed by atoms with Crippen molar-refractivity contribution in [2.24, 2.45) is 0 Å². The first-order valence-electron chi connectivity index (χ1n) is 6.75. The van der Waals surface area contributed by atoms with Crippen LogP contribution in [0.25, 0.3) is 22.9 Å². The van der Waals surface area contributed by atoms with Gasteiger partial charge in [0.25, 0.3) is 0 Å². The molecular weight excluding hydrogens is 439 g/mol. The number of allylic oxidation sites excluding steroid dienone is 1. The van der Waals surface area contributed by atoms with Gasteiger partial charge >= 0.3 is 154 Å². The van der Waals surface area contributed by atoms with Crippen LogP contribution in [-0.2, 0) is 0 Å². The zero-order chi connectivity index (χ0) is 16.2. The van der Waals surface area contributed by atoms with Crippen molar-refractivity contribution in [3.63, 3.8) is 0 Å². The van der Waals surface area contributed by atoms with E-state index in [-0.39, 0.29) is 14.5 Å². The van der Waals surface area contributed by atoms with E-state index in [0.29, 0.717) is 10.6 Å². The molecule has 0 atom stereocenters. The van der Waals surface area contributed by atoms with Crippen LogP contribution >= 0.6 is 27.5 Å². The fraction of sp³-hybridized carbons (Fsp3) is 0. The summed E-state index contributed by atoms with van der Waals surface area (Å²) in [7, 11) is 0. The fourth-order valence-corrected chi connectivity index (χ4v) is 4.08. The Morgan fingerprint density at radius 1 is 1.13 bits per heavy atom. The Hall–Kier alpha value is -1.63. The number of hydrogen-bond acceptors (Lipinski definition) is 2. The summed E-state index contributed by atoms with van der Waals surface area (Å²) in [6.07, 6.45) is 1.86. The molecule has 5 heteroatoms. The molecule has 0 fully saturated rings. The van der Waals surface area contributed by atoms with Gasteiger partial charge in [0.15, 0.2) is 0 Å². The van der Waals surface area contributed by atoms with Crippen LogP contribution in [0.3, 0.4) is 0 Å². The molecule has 0 unspecified atom stereocenters. The van der Waals surface area contributed by atoms with Crippen LogP contribution in [0.4, 0.5) is 0 Å². The molecule has 0 N–H and O–H groups in total. The van der Waals surface area contributed by atoms with Crippen LogP contribution in [0.15, 0.2) is 57.9 Å². The molecule has 0 amide bonds. The van der Waals surface area contributed by atoms with Crippen molar-refractivity contribution in [3.05, 3.63) is 73.1 Å². The third-order valence-corrected chi connectivity index (χ3v) is 5.79. The van der Waals surface area contributed by atoms with Gasteiger partial charge in [0, 0.05) is 0 Å². The van der Waals surface area contributed by atoms with Crippen LogP contribution in [0, 0.1) is 11.3 Å². The van der Waals surface area contributed by atoms with E-state index in [1.54, 1.807) is 0 Å². The molecule has 3 aromatic rings. The summed E-state index contributed by atoms with van der Waals surface area (Å²) in [5.74, 6) is 0. The molecule has 0 aliphatic heterocycles. The van der Waals surface area contributed by atoms with Gasteiger partial charge in [-0.1, -0.05) is 0 Å². The monoisotopic (exact) mass is 448 g/mol. The van der Waals surface area contributed by atoms with E-state index in [9.17, 15) is 5.26 Å². The molecule has 0 aliphatic rings. The van der Waals surface area contributed by atoms with Gasteiger partial charge < -0.3 is 0 Å². The summed E-state index contributed by atoms with van der Waals surface area (Å²) in [6.45, 7) is 0. The number of nitriles is 1. The molecule has 0 aliphatic carbocycles. The second-order valence-electron chi connectivity index (χ2n) is 4.77. The molecule has 112 valence electrons. The molecule has 2 nitrogen and oxygen atoms in total. The van der Waals surface area contributed by atoms with Gasteiger partial charge in [-0.15, -0.1) is 0 Å². The van der Waals surface area contributed by atoms with E-state index in [0.717, 1.165) is 25.9 Å². The molecule has 0 saturated heterocycles. The molecule has 0 spiro atoms. The van der Waals surface area contributed by atoms with Crippen molar-refractivity contribution in [2.45, 2.75) is 0 Å². The first kappa shape index (κ1) is 16.2. The van der Waals surface area contributed by atoms with Crippen LogP contribution < -0.4 is 0 Å². The second kappa shape index (κ2) is 7.29. The normalized spacial score (nSPS) is 11.3. The summed E-state index contributed by atoms with van der Waals surface area (Å²) >= 11 is 9.38. The average molecular weight is 449 g/mol. The van der Waals surface area contributed by atoms with Crippen molar-refractivity contribution in [1.82, 2.24) is 4.98 Å². The van der Waals surface area contributed by atoms with Gasteiger partial charge in [-0.05, 0) is 0 Å².